The van der Waals surface area contributed by atoms with E-state index >= 15 is 0 Å². The Morgan fingerprint density at radius 2 is 1.18 bits per heavy atom. The maximum absolute atomic E-state index is 5.57. The number of hydrogen-bond donors (Lipinski definition) is 0. The molecule has 0 radical (unpaired) electrons. The van der Waals surface area contributed by atoms with Crippen molar-refractivity contribution in [1.29, 1.82) is 0 Å². The molecule has 0 amide bonds. The predicted molar refractivity (Wildman–Crippen MR) is 164 cm³/mol. The van der Waals surface area contributed by atoms with Gasteiger partial charge in [-0.1, -0.05) is 0 Å². The third-order valence-electron chi connectivity index (χ3n) is 7.61. The summed E-state index contributed by atoms with van der Waals surface area (Å²) in [5, 5.41) is 0. The molecule has 0 atom stereocenters. The van der Waals surface area contributed by atoms with Crippen LogP contribution in [0, 0.1) is 0 Å². The molecule has 5 aromatic rings. The molecule has 0 saturated heterocycles. The van der Waals surface area contributed by atoms with Gasteiger partial charge in [0.15, 0.2) is 0 Å². The van der Waals surface area contributed by atoms with E-state index in [0.717, 1.165) is 6.42 Å². The van der Waals surface area contributed by atoms with Gasteiger partial charge in [0.05, 0.1) is 0 Å². The molecule has 2 aliphatic rings. The van der Waals surface area contributed by atoms with E-state index in [2.05, 4.69) is 127 Å². The molecule has 0 aliphatic heterocycles. The molecule has 0 saturated carbocycles. The number of fused-ring (bicyclic) bond motifs is 3. The standard InChI is InChI=1S/C13H9.C13H10.C9H7O.2ClH.Zr/c1-3-7-12-10(5-1)9-11-6-2-4-8-13(11)12;1-3-7-12(8-4-1)11-13-9-5-2-6-10-13;1-2-4-8(3-1)9-5-6-10-7-9;;;/h1-9H;1-10H;1,3,5-7H,2H2;2*1H;. The van der Waals surface area contributed by atoms with Crippen LogP contribution in [0.3, 0.4) is 0 Å². The summed E-state index contributed by atoms with van der Waals surface area (Å²) in [6, 6.07) is 42.6. The third kappa shape index (κ3) is 4.91. The van der Waals surface area contributed by atoms with Crippen molar-refractivity contribution in [3.8, 4) is 11.1 Å². The van der Waals surface area contributed by atoms with E-state index in [9.17, 15) is 0 Å². The van der Waals surface area contributed by atoms with Crippen LogP contribution in [0.15, 0.2) is 148 Å². The molecule has 4 aromatic carbocycles. The van der Waals surface area contributed by atoms with Crippen LogP contribution in [0.4, 0.5) is 0 Å². The van der Waals surface area contributed by atoms with E-state index in [1.54, 1.807) is 12.8 Å². The molecule has 39 heavy (non-hydrogen) atoms. The summed E-state index contributed by atoms with van der Waals surface area (Å²) < 4.78 is 9.19. The van der Waals surface area contributed by atoms with Gasteiger partial charge in [-0.2, -0.15) is 0 Å². The molecule has 1 heterocycles. The Balaban J connectivity index is 0.00000154. The first kappa shape index (κ1) is 27.5. The van der Waals surface area contributed by atoms with Crippen molar-refractivity contribution in [2.45, 2.75) is 10.0 Å². The van der Waals surface area contributed by atoms with Crippen molar-refractivity contribution in [2.75, 3.05) is 0 Å². The van der Waals surface area contributed by atoms with Gasteiger partial charge in [-0.05, 0) is 0 Å². The summed E-state index contributed by atoms with van der Waals surface area (Å²) in [5.41, 5.74) is 11.1. The van der Waals surface area contributed by atoms with Crippen LogP contribution in [-0.2, 0) is 21.3 Å². The van der Waals surface area contributed by atoms with Gasteiger partial charge in [0.2, 0.25) is 0 Å². The van der Waals surface area contributed by atoms with Gasteiger partial charge in [0.25, 0.3) is 0 Å². The summed E-state index contributed by atoms with van der Waals surface area (Å²) >= 11 is -2.74. The Morgan fingerprint density at radius 3 is 1.72 bits per heavy atom. The number of rotatable bonds is 5. The van der Waals surface area contributed by atoms with Gasteiger partial charge in [-0.25, -0.2) is 0 Å². The van der Waals surface area contributed by atoms with Crippen molar-refractivity contribution in [2.24, 2.45) is 0 Å². The quantitative estimate of drug-likeness (QED) is 0.189. The average molecular weight is 627 g/mol. The largest absolute Gasteiger partial charge is 0.147 e. The minimum absolute atomic E-state index is 0. The first-order valence-electron chi connectivity index (χ1n) is 12.9. The summed E-state index contributed by atoms with van der Waals surface area (Å²) in [5.74, 6) is 0. The van der Waals surface area contributed by atoms with E-state index in [1.807, 2.05) is 6.26 Å². The van der Waals surface area contributed by atoms with Crippen molar-refractivity contribution in [3.63, 3.8) is 0 Å². The molecule has 1 nitrogen and oxygen atoms in total. The topological polar surface area (TPSA) is 13.1 Å². The van der Waals surface area contributed by atoms with Crippen LogP contribution in [0.2, 0.25) is 0 Å². The molecule has 0 unspecified atom stereocenters. The second kappa shape index (κ2) is 12.0. The van der Waals surface area contributed by atoms with E-state index in [-0.39, 0.29) is 24.8 Å². The number of allylic oxidation sites excluding steroid dienone is 4. The number of halogens is 2. The fourth-order valence-electron chi connectivity index (χ4n) is 6.07. The summed E-state index contributed by atoms with van der Waals surface area (Å²) in [4.78, 5) is 0. The van der Waals surface area contributed by atoms with Gasteiger partial charge in [0.1, 0.15) is 0 Å². The monoisotopic (exact) mass is 624 g/mol. The van der Waals surface area contributed by atoms with E-state index in [4.69, 9.17) is 4.42 Å². The number of benzene rings is 4. The predicted octanol–water partition coefficient (Wildman–Crippen LogP) is 9.45. The fourth-order valence-corrected chi connectivity index (χ4v) is 15.6. The molecule has 7 rings (SSSR count). The smallest absolute Gasteiger partial charge is 0.147 e. The van der Waals surface area contributed by atoms with E-state index in [0.29, 0.717) is 3.63 Å². The van der Waals surface area contributed by atoms with E-state index < -0.39 is 21.3 Å². The zero-order valence-corrected chi connectivity index (χ0v) is 25.4. The van der Waals surface area contributed by atoms with Crippen molar-refractivity contribution in [1.82, 2.24) is 0 Å². The van der Waals surface area contributed by atoms with Crippen molar-refractivity contribution >= 4 is 33.6 Å². The van der Waals surface area contributed by atoms with Gasteiger partial charge in [-0.15, -0.1) is 24.8 Å². The maximum atomic E-state index is 5.57. The molecular formula is C35H28Cl2OZr. The maximum Gasteiger partial charge on any atom is -0.147 e. The first-order valence-corrected chi connectivity index (χ1v) is 16.7. The van der Waals surface area contributed by atoms with Crippen LogP contribution in [0.5, 0.6) is 0 Å². The van der Waals surface area contributed by atoms with Crippen LogP contribution in [0.1, 0.15) is 37.9 Å². The molecule has 4 heteroatoms. The molecule has 1 aromatic heterocycles. The minimum atomic E-state index is -2.74. The first-order chi connectivity index (χ1) is 18.4. The third-order valence-corrected chi connectivity index (χ3v) is 16.1. The zero-order valence-electron chi connectivity index (χ0n) is 21.3. The van der Waals surface area contributed by atoms with Gasteiger partial charge in [0, 0.05) is 0 Å². The Labute approximate surface area is 249 Å². The van der Waals surface area contributed by atoms with Gasteiger partial charge < -0.3 is 0 Å². The molecule has 192 valence electrons. The molecular weight excluding hydrogens is 599 g/mol. The summed E-state index contributed by atoms with van der Waals surface area (Å²) in [6.45, 7) is 0. The van der Waals surface area contributed by atoms with Gasteiger partial charge >= 0.3 is 227 Å². The average Bonchev–Trinajstić information content (AvgIpc) is 3.72. The molecule has 2 aliphatic carbocycles. The van der Waals surface area contributed by atoms with Crippen molar-refractivity contribution in [3.05, 3.63) is 171 Å². The SMILES string of the molecule is C1=CC(c2ccoc2)=[C]([Zr](=[C](c2ccccc2)c2ccccc2)[CH]2c3ccccc3-c3ccccc32)C1.Cl.Cl. The van der Waals surface area contributed by atoms with Crippen molar-refractivity contribution < 1.29 is 25.7 Å². The normalized spacial score (nSPS) is 13.3. The molecule has 0 fully saturated rings. The van der Waals surface area contributed by atoms with Crippen LogP contribution in [0.25, 0.3) is 16.7 Å². The van der Waals surface area contributed by atoms with Crippen LogP contribution >= 0.6 is 24.8 Å². The molecule has 0 bridgehead atoms. The Bertz CT molecular complexity index is 1600. The summed E-state index contributed by atoms with van der Waals surface area (Å²) in [6.07, 6.45) is 9.42. The van der Waals surface area contributed by atoms with E-state index in [1.165, 1.54) is 44.5 Å². The van der Waals surface area contributed by atoms with Crippen LogP contribution < -0.4 is 0 Å². The zero-order chi connectivity index (χ0) is 24.6. The van der Waals surface area contributed by atoms with Gasteiger partial charge in [-0.3, -0.25) is 0 Å². The van der Waals surface area contributed by atoms with Crippen LogP contribution in [-0.4, -0.2) is 3.21 Å². The Kier molecular flexibility index (Phi) is 8.48. The second-order valence-electron chi connectivity index (χ2n) is 9.64. The Morgan fingerprint density at radius 1 is 0.641 bits per heavy atom. The fraction of sp³-hybridized carbons (Fsp3) is 0.0571. The number of furan rings is 1. The molecule has 0 N–H and O–H groups in total. The second-order valence-corrected chi connectivity index (χ2v) is 15.8. The minimum Gasteiger partial charge on any atom is -0.147 e. The molecule has 0 spiro atoms. The summed E-state index contributed by atoms with van der Waals surface area (Å²) in [7, 11) is 0. The number of hydrogen-bond acceptors (Lipinski definition) is 1. The Hall–Kier alpha value is -3.03.